The van der Waals surface area contributed by atoms with Gasteiger partial charge in [-0.15, -0.1) is 0 Å². The van der Waals surface area contributed by atoms with Crippen molar-refractivity contribution in [3.05, 3.63) is 52.9 Å². The van der Waals surface area contributed by atoms with Crippen LogP contribution in [0.5, 0.6) is 0 Å². The van der Waals surface area contributed by atoms with Gasteiger partial charge in [0.25, 0.3) is 0 Å². The summed E-state index contributed by atoms with van der Waals surface area (Å²) < 4.78 is 5.10. The number of nitrogens with two attached hydrogens (primary N) is 1. The van der Waals surface area contributed by atoms with Crippen molar-refractivity contribution in [2.75, 3.05) is 7.05 Å². The monoisotopic (exact) mass is 273 g/mol. The van der Waals surface area contributed by atoms with Gasteiger partial charge in [0.1, 0.15) is 11.8 Å². The summed E-state index contributed by atoms with van der Waals surface area (Å²) in [4.78, 5) is 13.9. The molecule has 0 saturated heterocycles. The molecule has 1 amide bonds. The first kappa shape index (κ1) is 14.3. The summed E-state index contributed by atoms with van der Waals surface area (Å²) in [7, 11) is 1.73. The predicted molar refractivity (Wildman–Crippen MR) is 75.8 cm³/mol. The summed E-state index contributed by atoms with van der Waals surface area (Å²) >= 11 is 0. The number of likely N-dealkylation sites (N-methyl/N-ethyl adjacent to an activating group) is 1. The zero-order valence-corrected chi connectivity index (χ0v) is 12.0. The van der Waals surface area contributed by atoms with Gasteiger partial charge in [-0.25, -0.2) is 0 Å². The smallest absolute Gasteiger partial charge is 0.244 e. The van der Waals surface area contributed by atoms with Gasteiger partial charge in [0.15, 0.2) is 0 Å². The highest BCUT2D eigenvalue weighted by atomic mass is 16.5. The van der Waals surface area contributed by atoms with Crippen LogP contribution in [-0.2, 0) is 11.3 Å². The third-order valence-corrected chi connectivity index (χ3v) is 3.38. The highest BCUT2D eigenvalue weighted by Gasteiger charge is 2.21. The van der Waals surface area contributed by atoms with Crippen molar-refractivity contribution in [1.82, 2.24) is 10.1 Å². The average molecular weight is 273 g/mol. The van der Waals surface area contributed by atoms with Crippen LogP contribution in [0.4, 0.5) is 0 Å². The first-order valence-corrected chi connectivity index (χ1v) is 6.48. The maximum atomic E-state index is 12.3. The van der Waals surface area contributed by atoms with Crippen LogP contribution in [0.1, 0.15) is 28.6 Å². The first-order chi connectivity index (χ1) is 9.50. The van der Waals surface area contributed by atoms with Crippen LogP contribution >= 0.6 is 0 Å². The fraction of sp³-hybridized carbons (Fsp3) is 0.333. The third kappa shape index (κ3) is 2.88. The summed E-state index contributed by atoms with van der Waals surface area (Å²) in [5.74, 6) is 0.603. The quantitative estimate of drug-likeness (QED) is 0.924. The second-order valence-corrected chi connectivity index (χ2v) is 4.89. The Morgan fingerprint density at radius 2 is 2.00 bits per heavy atom. The van der Waals surface area contributed by atoms with Gasteiger partial charge in [0, 0.05) is 12.6 Å². The molecule has 0 spiro atoms. The number of rotatable bonds is 4. The molecule has 0 radical (unpaired) electrons. The summed E-state index contributed by atoms with van der Waals surface area (Å²) in [6, 6.07) is 8.70. The van der Waals surface area contributed by atoms with Gasteiger partial charge in [-0.2, -0.15) is 0 Å². The molecular formula is C15H19N3O2. The minimum Gasteiger partial charge on any atom is -0.361 e. The molecule has 0 aliphatic heterocycles. The Labute approximate surface area is 118 Å². The Balaban J connectivity index is 2.09. The van der Waals surface area contributed by atoms with E-state index < -0.39 is 6.04 Å². The van der Waals surface area contributed by atoms with E-state index in [0.29, 0.717) is 6.54 Å². The van der Waals surface area contributed by atoms with Crippen LogP contribution < -0.4 is 5.73 Å². The SMILES string of the molecule is Cc1noc(C)c1CN(C)C(=O)C(N)c1ccccc1. The van der Waals surface area contributed by atoms with Gasteiger partial charge in [0.05, 0.1) is 12.2 Å². The van der Waals surface area contributed by atoms with Crippen LogP contribution in [0.15, 0.2) is 34.9 Å². The lowest BCUT2D eigenvalue weighted by molar-refractivity contribution is -0.132. The molecular weight excluding hydrogens is 254 g/mol. The Bertz CT molecular complexity index is 573. The molecule has 1 atom stereocenters. The summed E-state index contributed by atoms with van der Waals surface area (Å²) in [6.07, 6.45) is 0. The molecule has 0 aliphatic rings. The van der Waals surface area contributed by atoms with E-state index in [-0.39, 0.29) is 5.91 Å². The fourth-order valence-electron chi connectivity index (χ4n) is 2.08. The maximum Gasteiger partial charge on any atom is 0.244 e. The molecule has 20 heavy (non-hydrogen) atoms. The number of hydrogen-bond donors (Lipinski definition) is 1. The molecule has 1 unspecified atom stereocenters. The third-order valence-electron chi connectivity index (χ3n) is 3.38. The molecule has 1 aromatic heterocycles. The van der Waals surface area contributed by atoms with E-state index in [1.165, 1.54) is 0 Å². The number of benzene rings is 1. The number of carbonyl (C=O) groups excluding carboxylic acids is 1. The predicted octanol–water partition coefficient (Wildman–Crippen LogP) is 1.95. The van der Waals surface area contributed by atoms with Crippen molar-refractivity contribution < 1.29 is 9.32 Å². The molecule has 0 bridgehead atoms. The van der Waals surface area contributed by atoms with Crippen LogP contribution in [0.25, 0.3) is 0 Å². The van der Waals surface area contributed by atoms with Crippen LogP contribution in [0.2, 0.25) is 0 Å². The molecule has 1 aromatic carbocycles. The average Bonchev–Trinajstić information content (AvgIpc) is 2.78. The normalized spacial score (nSPS) is 12.2. The topological polar surface area (TPSA) is 72.4 Å². The Morgan fingerprint density at radius 1 is 1.35 bits per heavy atom. The van der Waals surface area contributed by atoms with Crippen LogP contribution in [-0.4, -0.2) is 23.0 Å². The highest BCUT2D eigenvalue weighted by Crippen LogP contribution is 2.17. The number of nitrogens with zero attached hydrogens (tertiary/aromatic N) is 2. The molecule has 106 valence electrons. The molecule has 5 heteroatoms. The van der Waals surface area contributed by atoms with Crippen LogP contribution in [0, 0.1) is 13.8 Å². The second-order valence-electron chi connectivity index (χ2n) is 4.89. The van der Waals surface area contributed by atoms with E-state index in [1.807, 2.05) is 44.2 Å². The van der Waals surface area contributed by atoms with E-state index in [1.54, 1.807) is 11.9 Å². The number of aryl methyl sites for hydroxylation is 2. The second kappa shape index (κ2) is 5.88. The van der Waals surface area contributed by atoms with Crippen molar-refractivity contribution in [2.45, 2.75) is 26.4 Å². The Morgan fingerprint density at radius 3 is 2.55 bits per heavy atom. The Hall–Kier alpha value is -2.14. The minimum absolute atomic E-state index is 0.129. The van der Waals surface area contributed by atoms with Crippen molar-refractivity contribution in [2.24, 2.45) is 5.73 Å². The van der Waals surface area contributed by atoms with E-state index >= 15 is 0 Å². The van der Waals surface area contributed by atoms with Gasteiger partial charge in [-0.05, 0) is 19.4 Å². The lowest BCUT2D eigenvalue weighted by atomic mass is 10.1. The van der Waals surface area contributed by atoms with Gasteiger partial charge in [0.2, 0.25) is 5.91 Å². The zero-order valence-electron chi connectivity index (χ0n) is 12.0. The molecule has 2 N–H and O–H groups in total. The van der Waals surface area contributed by atoms with Crippen molar-refractivity contribution in [3.8, 4) is 0 Å². The van der Waals surface area contributed by atoms with Crippen molar-refractivity contribution in [3.63, 3.8) is 0 Å². The van der Waals surface area contributed by atoms with Gasteiger partial charge in [-0.3, -0.25) is 4.79 Å². The lowest BCUT2D eigenvalue weighted by Gasteiger charge is -2.21. The van der Waals surface area contributed by atoms with Gasteiger partial charge in [-0.1, -0.05) is 35.5 Å². The molecule has 0 fully saturated rings. The van der Waals surface area contributed by atoms with E-state index in [4.69, 9.17) is 10.3 Å². The van der Waals surface area contributed by atoms with Crippen molar-refractivity contribution >= 4 is 5.91 Å². The van der Waals surface area contributed by atoms with Crippen LogP contribution in [0.3, 0.4) is 0 Å². The number of amides is 1. The minimum atomic E-state index is -0.651. The molecule has 0 saturated carbocycles. The highest BCUT2D eigenvalue weighted by molar-refractivity contribution is 5.82. The van der Waals surface area contributed by atoms with E-state index in [0.717, 1.165) is 22.6 Å². The number of carbonyl (C=O) groups is 1. The van der Waals surface area contributed by atoms with E-state index in [9.17, 15) is 4.79 Å². The molecule has 2 rings (SSSR count). The van der Waals surface area contributed by atoms with E-state index in [2.05, 4.69) is 5.16 Å². The maximum absolute atomic E-state index is 12.3. The lowest BCUT2D eigenvalue weighted by Crippen LogP contribution is -2.35. The summed E-state index contributed by atoms with van der Waals surface area (Å²) in [5, 5.41) is 3.89. The van der Waals surface area contributed by atoms with Crippen molar-refractivity contribution in [1.29, 1.82) is 0 Å². The largest absolute Gasteiger partial charge is 0.361 e. The zero-order chi connectivity index (χ0) is 14.7. The number of hydrogen-bond acceptors (Lipinski definition) is 4. The summed E-state index contributed by atoms with van der Waals surface area (Å²) in [5.41, 5.74) is 8.56. The molecule has 2 aromatic rings. The Kier molecular flexibility index (Phi) is 4.20. The molecule has 0 aliphatic carbocycles. The number of aromatic nitrogens is 1. The van der Waals surface area contributed by atoms with Gasteiger partial charge < -0.3 is 15.2 Å². The summed E-state index contributed by atoms with van der Waals surface area (Å²) in [6.45, 7) is 4.15. The van der Waals surface area contributed by atoms with Gasteiger partial charge >= 0.3 is 0 Å². The standard InChI is InChI=1S/C15H19N3O2/c1-10-13(11(2)20-17-10)9-18(3)15(19)14(16)12-7-5-4-6-8-12/h4-8,14H,9,16H2,1-3H3. The fourth-order valence-corrected chi connectivity index (χ4v) is 2.08. The molecule has 1 heterocycles. The molecule has 5 nitrogen and oxygen atoms in total. The first-order valence-electron chi connectivity index (χ1n) is 6.48.